The maximum absolute atomic E-state index is 13.0. The lowest BCUT2D eigenvalue weighted by Gasteiger charge is -2.22. The standard InChI is InChI=1S/C18H19BrN2O2/c1-12-9-10-21(16-6-4-3-5-15(16)20-12)18(22)13-7-8-14(19)17(11-13)23-2/h3-8,11-12,20H,9-10H2,1-2H3/t12-/m0/s1. The summed E-state index contributed by atoms with van der Waals surface area (Å²) in [6, 6.07) is 13.7. The van der Waals surface area contributed by atoms with Crippen molar-refractivity contribution in [1.29, 1.82) is 0 Å². The van der Waals surface area contributed by atoms with Gasteiger partial charge in [0.15, 0.2) is 0 Å². The van der Waals surface area contributed by atoms with Crippen LogP contribution in [-0.2, 0) is 0 Å². The Morgan fingerprint density at radius 3 is 2.87 bits per heavy atom. The first-order chi connectivity index (χ1) is 11.1. The Morgan fingerprint density at radius 2 is 2.09 bits per heavy atom. The van der Waals surface area contributed by atoms with Crippen molar-refractivity contribution in [1.82, 2.24) is 0 Å². The molecule has 1 aliphatic rings. The minimum Gasteiger partial charge on any atom is -0.496 e. The van der Waals surface area contributed by atoms with E-state index in [0.717, 1.165) is 22.3 Å². The maximum atomic E-state index is 13.0. The second-order valence-electron chi connectivity index (χ2n) is 5.66. The number of carbonyl (C=O) groups excluding carboxylic acids is 1. The molecule has 0 fully saturated rings. The zero-order valence-electron chi connectivity index (χ0n) is 13.2. The van der Waals surface area contributed by atoms with Gasteiger partial charge >= 0.3 is 0 Å². The molecule has 1 heterocycles. The number of anilines is 2. The lowest BCUT2D eigenvalue weighted by atomic mass is 10.1. The summed E-state index contributed by atoms with van der Waals surface area (Å²) in [5.74, 6) is 0.643. The fourth-order valence-electron chi connectivity index (χ4n) is 2.77. The number of hydrogen-bond donors (Lipinski definition) is 1. The number of benzene rings is 2. The van der Waals surface area contributed by atoms with Gasteiger partial charge in [-0.05, 0) is 59.6 Å². The lowest BCUT2D eigenvalue weighted by molar-refractivity contribution is 0.0986. The van der Waals surface area contributed by atoms with Crippen LogP contribution in [0.15, 0.2) is 46.9 Å². The van der Waals surface area contributed by atoms with E-state index in [2.05, 4.69) is 28.2 Å². The molecule has 2 aromatic carbocycles. The summed E-state index contributed by atoms with van der Waals surface area (Å²) in [6.07, 6.45) is 0.897. The topological polar surface area (TPSA) is 41.6 Å². The van der Waals surface area contributed by atoms with Crippen LogP contribution < -0.4 is 15.0 Å². The number of methoxy groups -OCH3 is 1. The molecule has 4 nitrogen and oxygen atoms in total. The summed E-state index contributed by atoms with van der Waals surface area (Å²) in [5.41, 5.74) is 2.54. The Hall–Kier alpha value is -2.01. The molecule has 0 spiro atoms. The molecule has 3 rings (SSSR count). The van der Waals surface area contributed by atoms with Crippen molar-refractivity contribution < 1.29 is 9.53 Å². The summed E-state index contributed by atoms with van der Waals surface area (Å²) in [7, 11) is 1.60. The highest BCUT2D eigenvalue weighted by Crippen LogP contribution is 2.32. The van der Waals surface area contributed by atoms with Crippen LogP contribution in [0, 0.1) is 0 Å². The molecule has 0 aromatic heterocycles. The van der Waals surface area contributed by atoms with Crippen molar-refractivity contribution >= 4 is 33.2 Å². The van der Waals surface area contributed by atoms with Crippen molar-refractivity contribution in [3.63, 3.8) is 0 Å². The SMILES string of the molecule is COc1cc(C(=O)N2CC[C@H](C)Nc3ccccc32)ccc1Br. The van der Waals surface area contributed by atoms with Crippen LogP contribution in [0.3, 0.4) is 0 Å². The lowest BCUT2D eigenvalue weighted by Crippen LogP contribution is -2.32. The first-order valence-corrected chi connectivity index (χ1v) is 8.40. The molecule has 2 aromatic rings. The van der Waals surface area contributed by atoms with E-state index in [1.54, 1.807) is 13.2 Å². The summed E-state index contributed by atoms with van der Waals surface area (Å²) in [4.78, 5) is 14.9. The van der Waals surface area contributed by atoms with Gasteiger partial charge in [0.25, 0.3) is 5.91 Å². The molecule has 1 amide bonds. The molecule has 1 aliphatic heterocycles. The smallest absolute Gasteiger partial charge is 0.258 e. The molecule has 23 heavy (non-hydrogen) atoms. The van der Waals surface area contributed by atoms with E-state index in [1.807, 2.05) is 41.3 Å². The second-order valence-corrected chi connectivity index (χ2v) is 6.51. The van der Waals surface area contributed by atoms with Gasteiger partial charge in [0.1, 0.15) is 5.75 Å². The van der Waals surface area contributed by atoms with Crippen molar-refractivity contribution in [2.75, 3.05) is 23.9 Å². The number of ether oxygens (including phenoxy) is 1. The third kappa shape index (κ3) is 3.20. The molecule has 0 radical (unpaired) electrons. The van der Waals surface area contributed by atoms with Gasteiger partial charge in [0.05, 0.1) is 23.0 Å². The molecule has 0 aliphatic carbocycles. The van der Waals surface area contributed by atoms with Crippen molar-refractivity contribution in [2.24, 2.45) is 0 Å². The van der Waals surface area contributed by atoms with Gasteiger partial charge in [-0.2, -0.15) is 0 Å². The van der Waals surface area contributed by atoms with Crippen LogP contribution in [0.5, 0.6) is 5.75 Å². The summed E-state index contributed by atoms with van der Waals surface area (Å²) in [6.45, 7) is 2.82. The quantitative estimate of drug-likeness (QED) is 0.851. The van der Waals surface area contributed by atoms with Gasteiger partial charge in [-0.25, -0.2) is 0 Å². The minimum absolute atomic E-state index is 0.0147. The third-order valence-corrected chi connectivity index (χ3v) is 4.68. The molecule has 5 heteroatoms. The molecular weight excluding hydrogens is 356 g/mol. The van der Waals surface area contributed by atoms with E-state index in [0.29, 0.717) is 23.9 Å². The van der Waals surface area contributed by atoms with Gasteiger partial charge in [-0.15, -0.1) is 0 Å². The van der Waals surface area contributed by atoms with Crippen molar-refractivity contribution in [3.8, 4) is 5.75 Å². The van der Waals surface area contributed by atoms with Crippen LogP contribution in [0.4, 0.5) is 11.4 Å². The largest absolute Gasteiger partial charge is 0.496 e. The van der Waals surface area contributed by atoms with Crippen molar-refractivity contribution in [3.05, 3.63) is 52.5 Å². The Morgan fingerprint density at radius 1 is 1.30 bits per heavy atom. The van der Waals surface area contributed by atoms with Crippen LogP contribution in [0.1, 0.15) is 23.7 Å². The predicted molar refractivity (Wildman–Crippen MR) is 96.5 cm³/mol. The Labute approximate surface area is 144 Å². The van der Waals surface area contributed by atoms with E-state index in [4.69, 9.17) is 4.74 Å². The summed E-state index contributed by atoms with van der Waals surface area (Å²) >= 11 is 3.42. The Bertz CT molecular complexity index is 733. The van der Waals surface area contributed by atoms with E-state index in [-0.39, 0.29) is 5.91 Å². The molecule has 0 bridgehead atoms. The fourth-order valence-corrected chi connectivity index (χ4v) is 3.18. The van der Waals surface area contributed by atoms with Gasteiger partial charge < -0.3 is 15.0 Å². The second kappa shape index (κ2) is 6.62. The molecule has 1 atom stereocenters. The number of hydrogen-bond acceptors (Lipinski definition) is 3. The van der Waals surface area contributed by atoms with Gasteiger partial charge in [-0.1, -0.05) is 12.1 Å². The minimum atomic E-state index is -0.0147. The number of amides is 1. The number of carbonyl (C=O) groups is 1. The highest BCUT2D eigenvalue weighted by Gasteiger charge is 2.24. The molecule has 0 saturated heterocycles. The average Bonchev–Trinajstić information content (AvgIpc) is 2.73. The van der Waals surface area contributed by atoms with Gasteiger partial charge in [-0.3, -0.25) is 4.79 Å². The zero-order chi connectivity index (χ0) is 16.4. The van der Waals surface area contributed by atoms with Crippen LogP contribution in [-0.4, -0.2) is 25.6 Å². The molecule has 120 valence electrons. The predicted octanol–water partition coefficient (Wildman–Crippen LogP) is 4.31. The first-order valence-electron chi connectivity index (χ1n) is 7.61. The van der Waals surface area contributed by atoms with E-state index >= 15 is 0 Å². The first kappa shape index (κ1) is 15.9. The van der Waals surface area contributed by atoms with Crippen LogP contribution in [0.25, 0.3) is 0 Å². The fraction of sp³-hybridized carbons (Fsp3) is 0.278. The monoisotopic (exact) mass is 374 g/mol. The van der Waals surface area contributed by atoms with Crippen LogP contribution in [0.2, 0.25) is 0 Å². The molecule has 1 N–H and O–H groups in total. The summed E-state index contributed by atoms with van der Waals surface area (Å²) < 4.78 is 6.14. The summed E-state index contributed by atoms with van der Waals surface area (Å²) in [5, 5.41) is 3.46. The highest BCUT2D eigenvalue weighted by molar-refractivity contribution is 9.10. The average molecular weight is 375 g/mol. The van der Waals surface area contributed by atoms with Gasteiger partial charge in [0.2, 0.25) is 0 Å². The van der Waals surface area contributed by atoms with E-state index in [1.165, 1.54) is 0 Å². The number of rotatable bonds is 2. The molecule has 0 unspecified atom stereocenters. The van der Waals surface area contributed by atoms with E-state index in [9.17, 15) is 4.79 Å². The Balaban J connectivity index is 1.99. The number of nitrogens with zero attached hydrogens (tertiary/aromatic N) is 1. The molecular formula is C18H19BrN2O2. The third-order valence-electron chi connectivity index (χ3n) is 4.03. The normalized spacial score (nSPS) is 17.0. The van der Waals surface area contributed by atoms with Crippen LogP contribution >= 0.6 is 15.9 Å². The zero-order valence-corrected chi connectivity index (χ0v) is 14.8. The number of para-hydroxylation sites is 2. The van der Waals surface area contributed by atoms with Crippen molar-refractivity contribution in [2.45, 2.75) is 19.4 Å². The molecule has 0 saturated carbocycles. The maximum Gasteiger partial charge on any atom is 0.258 e. The Kier molecular flexibility index (Phi) is 4.57. The number of halogens is 1. The number of nitrogens with one attached hydrogen (secondary N) is 1. The number of fused-ring (bicyclic) bond motifs is 1. The highest BCUT2D eigenvalue weighted by atomic mass is 79.9. The van der Waals surface area contributed by atoms with Gasteiger partial charge in [0, 0.05) is 18.2 Å². The van der Waals surface area contributed by atoms with E-state index < -0.39 is 0 Å².